The molecule has 2 heteroatoms. The molecule has 1 unspecified atom stereocenters. The Hall–Kier alpha value is -0.860. The zero-order valence-electron chi connectivity index (χ0n) is 11.0. The van der Waals surface area contributed by atoms with Crippen molar-refractivity contribution >= 4 is 0 Å². The zero-order chi connectivity index (χ0) is 12.1. The van der Waals surface area contributed by atoms with Gasteiger partial charge in [-0.05, 0) is 37.8 Å². The highest BCUT2D eigenvalue weighted by Crippen LogP contribution is 2.18. The van der Waals surface area contributed by atoms with Crippen molar-refractivity contribution in [1.29, 1.82) is 0 Å². The first-order chi connectivity index (χ1) is 7.50. The van der Waals surface area contributed by atoms with Gasteiger partial charge < -0.3 is 4.84 Å². The van der Waals surface area contributed by atoms with Crippen LogP contribution >= 0.6 is 0 Å². The molecule has 0 aromatic heterocycles. The summed E-state index contributed by atoms with van der Waals surface area (Å²) in [6, 6.07) is 6.75. The summed E-state index contributed by atoms with van der Waals surface area (Å²) < 4.78 is 0. The van der Waals surface area contributed by atoms with Crippen molar-refractivity contribution in [3.8, 4) is 0 Å². The Morgan fingerprint density at radius 1 is 1.19 bits per heavy atom. The lowest BCUT2D eigenvalue weighted by Gasteiger charge is -2.17. The molecule has 0 aliphatic rings. The summed E-state index contributed by atoms with van der Waals surface area (Å²) >= 11 is 0. The summed E-state index contributed by atoms with van der Waals surface area (Å²) in [5.74, 6) is 0.554. The van der Waals surface area contributed by atoms with Crippen molar-refractivity contribution in [2.24, 2.45) is 5.92 Å². The van der Waals surface area contributed by atoms with Crippen LogP contribution in [0.2, 0.25) is 0 Å². The van der Waals surface area contributed by atoms with E-state index in [1.165, 1.54) is 16.7 Å². The van der Waals surface area contributed by atoms with Gasteiger partial charge in [0.15, 0.2) is 0 Å². The Bertz CT molecular complexity index is 334. The van der Waals surface area contributed by atoms with Crippen LogP contribution in [0.15, 0.2) is 18.2 Å². The average molecular weight is 221 g/mol. The van der Waals surface area contributed by atoms with E-state index >= 15 is 0 Å². The van der Waals surface area contributed by atoms with Crippen molar-refractivity contribution < 1.29 is 4.84 Å². The largest absolute Gasteiger partial charge is 0.301 e. The molecule has 1 aromatic rings. The van der Waals surface area contributed by atoms with Gasteiger partial charge in [0, 0.05) is 0 Å². The molecule has 0 bridgehead atoms. The number of hydrogen-bond donors (Lipinski definition) is 1. The number of hydroxylamine groups is 1. The van der Waals surface area contributed by atoms with Gasteiger partial charge in [-0.1, -0.05) is 37.6 Å². The highest BCUT2D eigenvalue weighted by atomic mass is 16.6. The molecule has 1 aromatic carbocycles. The summed E-state index contributed by atoms with van der Waals surface area (Å²) in [5.41, 5.74) is 7.01. The van der Waals surface area contributed by atoms with Crippen LogP contribution in [0.4, 0.5) is 0 Å². The first-order valence-electron chi connectivity index (χ1n) is 5.95. The summed E-state index contributed by atoms with van der Waals surface area (Å²) in [7, 11) is 0. The summed E-state index contributed by atoms with van der Waals surface area (Å²) in [6.45, 7) is 11.4. The molecule has 1 N–H and O–H groups in total. The lowest BCUT2D eigenvalue weighted by atomic mass is 10.0. The summed E-state index contributed by atoms with van der Waals surface area (Å²) in [5, 5.41) is 0. The molecule has 0 spiro atoms. The first kappa shape index (κ1) is 13.2. The van der Waals surface area contributed by atoms with E-state index < -0.39 is 0 Å². The van der Waals surface area contributed by atoms with Gasteiger partial charge in [-0.15, -0.1) is 0 Å². The number of aryl methyl sites for hydroxylation is 2. The molecule has 0 amide bonds. The fraction of sp³-hybridized carbons (Fsp3) is 0.571. The smallest absolute Gasteiger partial charge is 0.0705 e. The standard InChI is InChI=1S/C14H23NO/c1-10(2)9-16-15-13(5)14-7-6-11(3)8-12(14)4/h6-8,10,13,15H,9H2,1-5H3. The van der Waals surface area contributed by atoms with E-state index in [0.717, 1.165) is 6.61 Å². The monoisotopic (exact) mass is 221 g/mol. The molecule has 90 valence electrons. The Labute approximate surface area is 99.0 Å². The van der Waals surface area contributed by atoms with E-state index in [4.69, 9.17) is 4.84 Å². The SMILES string of the molecule is Cc1ccc(C(C)NOCC(C)C)c(C)c1. The Kier molecular flexibility index (Phi) is 4.97. The minimum Gasteiger partial charge on any atom is -0.301 e. The maximum absolute atomic E-state index is 5.45. The normalized spacial score (nSPS) is 13.1. The van der Waals surface area contributed by atoms with Crippen molar-refractivity contribution in [3.63, 3.8) is 0 Å². The fourth-order valence-corrected chi connectivity index (χ4v) is 1.71. The number of rotatable bonds is 5. The van der Waals surface area contributed by atoms with E-state index in [-0.39, 0.29) is 6.04 Å². The van der Waals surface area contributed by atoms with Gasteiger partial charge in [0.2, 0.25) is 0 Å². The second kappa shape index (κ2) is 6.02. The predicted molar refractivity (Wildman–Crippen MR) is 68.3 cm³/mol. The molecule has 0 saturated heterocycles. The lowest BCUT2D eigenvalue weighted by molar-refractivity contribution is 0.00397. The fourth-order valence-electron chi connectivity index (χ4n) is 1.71. The molecule has 0 heterocycles. The van der Waals surface area contributed by atoms with Gasteiger partial charge >= 0.3 is 0 Å². The van der Waals surface area contributed by atoms with Crippen LogP contribution in [-0.2, 0) is 4.84 Å². The van der Waals surface area contributed by atoms with Gasteiger partial charge in [-0.2, -0.15) is 5.48 Å². The third kappa shape index (κ3) is 3.95. The molecule has 1 rings (SSSR count). The van der Waals surface area contributed by atoms with E-state index in [1.807, 2.05) is 0 Å². The molecule has 16 heavy (non-hydrogen) atoms. The highest BCUT2D eigenvalue weighted by molar-refractivity contribution is 5.32. The summed E-state index contributed by atoms with van der Waals surface area (Å²) in [4.78, 5) is 5.45. The van der Waals surface area contributed by atoms with Crippen molar-refractivity contribution in [2.75, 3.05) is 6.61 Å². The lowest BCUT2D eigenvalue weighted by Crippen LogP contribution is -2.22. The Balaban J connectivity index is 2.55. The maximum Gasteiger partial charge on any atom is 0.0705 e. The molecule has 0 saturated carbocycles. The average Bonchev–Trinajstić information content (AvgIpc) is 2.16. The minimum atomic E-state index is 0.236. The number of nitrogens with one attached hydrogen (secondary N) is 1. The maximum atomic E-state index is 5.45. The van der Waals surface area contributed by atoms with Gasteiger partial charge in [-0.3, -0.25) is 0 Å². The van der Waals surface area contributed by atoms with Crippen LogP contribution in [0, 0.1) is 19.8 Å². The van der Waals surface area contributed by atoms with E-state index in [0.29, 0.717) is 5.92 Å². The van der Waals surface area contributed by atoms with Crippen LogP contribution in [0.1, 0.15) is 43.5 Å². The predicted octanol–water partition coefficient (Wildman–Crippen LogP) is 3.54. The minimum absolute atomic E-state index is 0.236. The Morgan fingerprint density at radius 2 is 1.88 bits per heavy atom. The second-order valence-corrected chi connectivity index (χ2v) is 4.90. The van der Waals surface area contributed by atoms with Crippen molar-refractivity contribution in [3.05, 3.63) is 34.9 Å². The van der Waals surface area contributed by atoms with E-state index in [9.17, 15) is 0 Å². The topological polar surface area (TPSA) is 21.3 Å². The number of benzene rings is 1. The van der Waals surface area contributed by atoms with Crippen LogP contribution in [0.5, 0.6) is 0 Å². The van der Waals surface area contributed by atoms with Crippen LogP contribution in [0.3, 0.4) is 0 Å². The molecule has 1 atom stereocenters. The molecule has 0 aliphatic heterocycles. The number of hydrogen-bond acceptors (Lipinski definition) is 2. The van der Waals surface area contributed by atoms with Crippen LogP contribution in [0.25, 0.3) is 0 Å². The van der Waals surface area contributed by atoms with E-state index in [2.05, 4.69) is 58.3 Å². The van der Waals surface area contributed by atoms with Gasteiger partial charge in [-0.25, -0.2) is 0 Å². The highest BCUT2D eigenvalue weighted by Gasteiger charge is 2.08. The van der Waals surface area contributed by atoms with Gasteiger partial charge in [0.05, 0.1) is 12.6 Å². The quantitative estimate of drug-likeness (QED) is 0.768. The molecular formula is C14H23NO. The van der Waals surface area contributed by atoms with E-state index in [1.54, 1.807) is 0 Å². The van der Waals surface area contributed by atoms with Crippen LogP contribution in [-0.4, -0.2) is 6.61 Å². The third-order valence-electron chi connectivity index (χ3n) is 2.57. The summed E-state index contributed by atoms with van der Waals surface area (Å²) in [6.07, 6.45) is 0. The molecular weight excluding hydrogens is 198 g/mol. The van der Waals surface area contributed by atoms with Crippen molar-refractivity contribution in [2.45, 2.75) is 40.7 Å². The Morgan fingerprint density at radius 3 is 2.44 bits per heavy atom. The molecule has 0 fully saturated rings. The third-order valence-corrected chi connectivity index (χ3v) is 2.57. The molecule has 0 radical (unpaired) electrons. The molecule has 2 nitrogen and oxygen atoms in total. The van der Waals surface area contributed by atoms with Gasteiger partial charge in [0.25, 0.3) is 0 Å². The van der Waals surface area contributed by atoms with Crippen molar-refractivity contribution in [1.82, 2.24) is 5.48 Å². The molecule has 0 aliphatic carbocycles. The second-order valence-electron chi connectivity index (χ2n) is 4.90. The zero-order valence-corrected chi connectivity index (χ0v) is 11.0. The first-order valence-corrected chi connectivity index (χ1v) is 5.95. The van der Waals surface area contributed by atoms with Crippen LogP contribution < -0.4 is 5.48 Å². The van der Waals surface area contributed by atoms with Gasteiger partial charge in [0.1, 0.15) is 0 Å².